The van der Waals surface area contributed by atoms with Crippen LogP contribution >= 0.6 is 11.6 Å². The number of ether oxygens (including phenoxy) is 1. The third-order valence-corrected chi connectivity index (χ3v) is 2.96. The minimum Gasteiger partial charge on any atom is -0.379 e. The van der Waals surface area contributed by atoms with E-state index in [4.69, 9.17) is 16.3 Å². The van der Waals surface area contributed by atoms with Gasteiger partial charge >= 0.3 is 0 Å². The van der Waals surface area contributed by atoms with Crippen molar-refractivity contribution in [3.8, 4) is 0 Å². The zero-order valence-corrected chi connectivity index (χ0v) is 10.0. The van der Waals surface area contributed by atoms with E-state index in [1.54, 1.807) is 0 Å². The van der Waals surface area contributed by atoms with Gasteiger partial charge in [-0.05, 0) is 13.3 Å². The predicted molar refractivity (Wildman–Crippen MR) is 63.4 cm³/mol. The van der Waals surface area contributed by atoms with Crippen molar-refractivity contribution in [1.29, 1.82) is 0 Å². The first-order valence-corrected chi connectivity index (χ1v) is 5.54. The van der Waals surface area contributed by atoms with Crippen molar-refractivity contribution >= 4 is 23.1 Å². The molecule has 0 aliphatic carbocycles. The van der Waals surface area contributed by atoms with Crippen molar-refractivity contribution in [1.82, 2.24) is 4.98 Å². The summed E-state index contributed by atoms with van der Waals surface area (Å²) >= 11 is 5.94. The Morgan fingerprint density at radius 3 is 3.00 bits per heavy atom. The smallest absolute Gasteiger partial charge is 0.289 e. The van der Waals surface area contributed by atoms with Crippen molar-refractivity contribution in [3.63, 3.8) is 0 Å². The third-order valence-electron chi connectivity index (χ3n) is 2.68. The highest BCUT2D eigenvalue weighted by molar-refractivity contribution is 6.33. The van der Waals surface area contributed by atoms with Gasteiger partial charge in [-0.1, -0.05) is 11.6 Å². The molecule has 1 aliphatic heterocycles. The second-order valence-electron chi connectivity index (χ2n) is 4.27. The van der Waals surface area contributed by atoms with Gasteiger partial charge in [0, 0.05) is 12.7 Å². The summed E-state index contributed by atoms with van der Waals surface area (Å²) in [7, 11) is 0. The van der Waals surface area contributed by atoms with Gasteiger partial charge in [0.1, 0.15) is 12.0 Å². The van der Waals surface area contributed by atoms with Crippen LogP contribution in [0.5, 0.6) is 0 Å². The van der Waals surface area contributed by atoms with Gasteiger partial charge in [0.25, 0.3) is 5.69 Å². The monoisotopic (exact) mass is 257 g/mol. The maximum Gasteiger partial charge on any atom is 0.289 e. The Labute approximate surface area is 103 Å². The lowest BCUT2D eigenvalue weighted by Crippen LogP contribution is -2.35. The van der Waals surface area contributed by atoms with Crippen LogP contribution in [-0.4, -0.2) is 28.7 Å². The van der Waals surface area contributed by atoms with Crippen LogP contribution in [0.4, 0.5) is 11.5 Å². The van der Waals surface area contributed by atoms with Gasteiger partial charge in [-0.15, -0.1) is 0 Å². The standard InChI is InChI=1S/C10H12ClN3O3/c1-10(2-3-17-6-10)13-9-8(11)4-7(5-12-9)14(15)16/h4-5H,2-3,6H2,1H3,(H,12,13). The van der Waals surface area contributed by atoms with E-state index in [0.29, 0.717) is 19.0 Å². The Morgan fingerprint density at radius 1 is 1.71 bits per heavy atom. The number of nitro groups is 1. The number of hydrogen-bond donors (Lipinski definition) is 1. The summed E-state index contributed by atoms with van der Waals surface area (Å²) in [6.45, 7) is 3.26. The number of hydrogen-bond acceptors (Lipinski definition) is 5. The first kappa shape index (κ1) is 12.1. The van der Waals surface area contributed by atoms with Gasteiger partial charge in [-0.25, -0.2) is 4.98 Å². The molecule has 0 spiro atoms. The molecular formula is C10H12ClN3O3. The Balaban J connectivity index is 2.19. The number of halogens is 1. The molecule has 2 heterocycles. The largest absolute Gasteiger partial charge is 0.379 e. The number of nitrogens with one attached hydrogen (secondary N) is 1. The van der Waals surface area contributed by atoms with Crippen LogP contribution < -0.4 is 5.32 Å². The molecule has 7 heteroatoms. The number of rotatable bonds is 3. The lowest BCUT2D eigenvalue weighted by Gasteiger charge is -2.24. The zero-order chi connectivity index (χ0) is 12.5. The summed E-state index contributed by atoms with van der Waals surface area (Å²) in [5.74, 6) is 0.449. The highest BCUT2D eigenvalue weighted by atomic mass is 35.5. The van der Waals surface area contributed by atoms with Crippen molar-refractivity contribution in [2.45, 2.75) is 18.9 Å². The molecule has 0 aromatic carbocycles. The normalized spacial score (nSPS) is 23.6. The van der Waals surface area contributed by atoms with Gasteiger partial charge in [0.15, 0.2) is 0 Å². The van der Waals surface area contributed by atoms with Crippen molar-refractivity contribution in [2.75, 3.05) is 18.5 Å². The SMILES string of the molecule is CC1(Nc2ncc([N+](=O)[O-])cc2Cl)CCOC1. The van der Waals surface area contributed by atoms with Gasteiger partial charge in [-0.2, -0.15) is 0 Å². The molecule has 0 bridgehead atoms. The van der Waals surface area contributed by atoms with Gasteiger partial charge in [-0.3, -0.25) is 10.1 Å². The average molecular weight is 258 g/mol. The molecule has 1 N–H and O–H groups in total. The summed E-state index contributed by atoms with van der Waals surface area (Å²) in [6, 6.07) is 1.29. The van der Waals surface area contributed by atoms with Crippen LogP contribution in [0.1, 0.15) is 13.3 Å². The van der Waals surface area contributed by atoms with Gasteiger partial charge < -0.3 is 10.1 Å². The lowest BCUT2D eigenvalue weighted by molar-refractivity contribution is -0.385. The van der Waals surface area contributed by atoms with Crippen LogP contribution in [0, 0.1) is 10.1 Å². The molecule has 1 saturated heterocycles. The van der Waals surface area contributed by atoms with E-state index in [1.807, 2.05) is 6.92 Å². The Bertz CT molecular complexity index is 446. The number of aromatic nitrogens is 1. The van der Waals surface area contributed by atoms with Crippen LogP contribution in [0.3, 0.4) is 0 Å². The zero-order valence-electron chi connectivity index (χ0n) is 9.27. The molecule has 1 aliphatic rings. The molecule has 0 amide bonds. The van der Waals surface area contributed by atoms with Crippen molar-refractivity contribution in [3.05, 3.63) is 27.4 Å². The molecule has 2 rings (SSSR count). The molecule has 1 aromatic heterocycles. The van der Waals surface area contributed by atoms with E-state index in [-0.39, 0.29) is 16.2 Å². The number of nitrogens with zero attached hydrogens (tertiary/aromatic N) is 2. The lowest BCUT2D eigenvalue weighted by atomic mass is 10.0. The Kier molecular flexibility index (Phi) is 3.17. The summed E-state index contributed by atoms with van der Waals surface area (Å²) in [4.78, 5) is 14.0. The molecule has 1 fully saturated rings. The number of pyridine rings is 1. The average Bonchev–Trinajstić information content (AvgIpc) is 2.68. The quantitative estimate of drug-likeness (QED) is 0.664. The second kappa shape index (κ2) is 4.46. The van der Waals surface area contributed by atoms with E-state index >= 15 is 0 Å². The molecule has 6 nitrogen and oxygen atoms in total. The Hall–Kier alpha value is -1.40. The fourth-order valence-electron chi connectivity index (χ4n) is 1.67. The van der Waals surface area contributed by atoms with E-state index in [2.05, 4.69) is 10.3 Å². The highest BCUT2D eigenvalue weighted by Crippen LogP contribution is 2.29. The van der Waals surface area contributed by atoms with E-state index < -0.39 is 4.92 Å². The van der Waals surface area contributed by atoms with E-state index in [1.165, 1.54) is 12.3 Å². The highest BCUT2D eigenvalue weighted by Gasteiger charge is 2.30. The fourth-order valence-corrected chi connectivity index (χ4v) is 1.88. The molecule has 0 saturated carbocycles. The molecular weight excluding hydrogens is 246 g/mol. The van der Waals surface area contributed by atoms with Gasteiger partial charge in [0.05, 0.1) is 22.1 Å². The molecule has 17 heavy (non-hydrogen) atoms. The summed E-state index contributed by atoms with van der Waals surface area (Å²) in [5.41, 5.74) is -0.333. The minimum atomic E-state index is -0.525. The molecule has 92 valence electrons. The molecule has 1 unspecified atom stereocenters. The molecule has 0 radical (unpaired) electrons. The third kappa shape index (κ3) is 2.65. The molecule has 1 atom stereocenters. The summed E-state index contributed by atoms with van der Waals surface area (Å²) < 4.78 is 5.29. The molecule has 1 aromatic rings. The first-order valence-electron chi connectivity index (χ1n) is 5.16. The summed E-state index contributed by atoms with van der Waals surface area (Å²) in [6.07, 6.45) is 2.04. The van der Waals surface area contributed by atoms with Crippen LogP contribution in [-0.2, 0) is 4.74 Å². The first-order chi connectivity index (χ1) is 8.00. The maximum atomic E-state index is 10.5. The maximum absolute atomic E-state index is 10.5. The topological polar surface area (TPSA) is 77.3 Å². The van der Waals surface area contributed by atoms with Crippen molar-refractivity contribution < 1.29 is 9.66 Å². The Morgan fingerprint density at radius 2 is 2.47 bits per heavy atom. The fraction of sp³-hybridized carbons (Fsp3) is 0.500. The predicted octanol–water partition coefficient (Wildman–Crippen LogP) is 2.23. The van der Waals surface area contributed by atoms with Crippen LogP contribution in [0.15, 0.2) is 12.3 Å². The number of anilines is 1. The second-order valence-corrected chi connectivity index (χ2v) is 4.68. The minimum absolute atomic E-state index is 0.117. The van der Waals surface area contributed by atoms with Crippen molar-refractivity contribution in [2.24, 2.45) is 0 Å². The summed E-state index contributed by atoms with van der Waals surface area (Å²) in [5, 5.41) is 13.9. The van der Waals surface area contributed by atoms with Crippen LogP contribution in [0.25, 0.3) is 0 Å². The van der Waals surface area contributed by atoms with Gasteiger partial charge in [0.2, 0.25) is 0 Å². The van der Waals surface area contributed by atoms with Crippen LogP contribution in [0.2, 0.25) is 5.02 Å². The van der Waals surface area contributed by atoms with E-state index in [9.17, 15) is 10.1 Å². The van der Waals surface area contributed by atoms with E-state index in [0.717, 1.165) is 6.42 Å².